The summed E-state index contributed by atoms with van der Waals surface area (Å²) in [7, 11) is 0. The number of carboxylic acids is 1. The summed E-state index contributed by atoms with van der Waals surface area (Å²) in [6.45, 7) is 0. The highest BCUT2D eigenvalue weighted by atomic mass is 35.5. The molecule has 1 unspecified atom stereocenters. The van der Waals surface area contributed by atoms with Crippen LogP contribution in [0.25, 0.3) is 11.1 Å². The van der Waals surface area contributed by atoms with E-state index in [0.717, 1.165) is 17.2 Å². The molecule has 0 radical (unpaired) electrons. The van der Waals surface area contributed by atoms with Crippen molar-refractivity contribution in [3.63, 3.8) is 0 Å². The average molecular weight is 323 g/mol. The molecule has 1 atom stereocenters. The molecule has 2 N–H and O–H groups in total. The van der Waals surface area contributed by atoms with E-state index in [-0.39, 0.29) is 0 Å². The second kappa shape index (κ2) is 6.76. The topological polar surface area (TPSA) is 57.5 Å². The van der Waals surface area contributed by atoms with Gasteiger partial charge in [0.25, 0.3) is 0 Å². The molecule has 0 aliphatic carbocycles. The van der Waals surface area contributed by atoms with Crippen molar-refractivity contribution >= 4 is 29.2 Å². The minimum atomic E-state index is -1.10. The quantitative estimate of drug-likeness (QED) is 0.823. The fraction of sp³-hybridized carbons (Fsp3) is 0.0625. The molecule has 0 saturated carbocycles. The minimum Gasteiger partial charge on any atom is -0.478 e. The van der Waals surface area contributed by atoms with Crippen LogP contribution in [0.1, 0.15) is 11.7 Å². The number of aliphatic hydroxyl groups is 1. The van der Waals surface area contributed by atoms with Crippen molar-refractivity contribution in [2.45, 2.75) is 6.10 Å². The Morgan fingerprint density at radius 2 is 1.62 bits per heavy atom. The van der Waals surface area contributed by atoms with Crippen molar-refractivity contribution in [3.05, 3.63) is 70.2 Å². The highest BCUT2D eigenvalue weighted by molar-refractivity contribution is 6.42. The van der Waals surface area contributed by atoms with E-state index >= 15 is 0 Å². The first-order valence-corrected chi connectivity index (χ1v) is 6.87. The van der Waals surface area contributed by atoms with Gasteiger partial charge in [-0.1, -0.05) is 53.5 Å². The van der Waals surface area contributed by atoms with Gasteiger partial charge in [-0.25, -0.2) is 4.79 Å². The molecule has 0 bridgehead atoms. The van der Waals surface area contributed by atoms with E-state index in [9.17, 15) is 9.90 Å². The van der Waals surface area contributed by atoms with Crippen molar-refractivity contribution in [1.29, 1.82) is 0 Å². The molecule has 0 saturated heterocycles. The Morgan fingerprint density at radius 1 is 1.00 bits per heavy atom. The zero-order valence-corrected chi connectivity index (χ0v) is 12.3. The van der Waals surface area contributed by atoms with E-state index in [1.807, 2.05) is 18.2 Å². The molecule has 21 heavy (non-hydrogen) atoms. The lowest BCUT2D eigenvalue weighted by atomic mass is 10.0. The third-order valence-corrected chi connectivity index (χ3v) is 3.67. The van der Waals surface area contributed by atoms with Gasteiger partial charge in [-0.3, -0.25) is 0 Å². The summed E-state index contributed by atoms with van der Waals surface area (Å²) >= 11 is 11.9. The fourth-order valence-electron chi connectivity index (χ4n) is 1.83. The Balaban J connectivity index is 2.22. The summed E-state index contributed by atoms with van der Waals surface area (Å²) < 4.78 is 0. The van der Waals surface area contributed by atoms with Crippen LogP contribution in [0.2, 0.25) is 10.0 Å². The summed E-state index contributed by atoms with van der Waals surface area (Å²) in [6, 6.07) is 12.4. The molecule has 2 aromatic rings. The molecule has 0 aliphatic heterocycles. The van der Waals surface area contributed by atoms with Crippen LogP contribution in [-0.4, -0.2) is 16.2 Å². The van der Waals surface area contributed by atoms with Gasteiger partial charge in [-0.05, 0) is 34.9 Å². The van der Waals surface area contributed by atoms with E-state index in [1.54, 1.807) is 24.3 Å². The molecular formula is C16H12Cl2O3. The number of carboxylic acid groups (broad SMARTS) is 1. The van der Waals surface area contributed by atoms with Crippen molar-refractivity contribution in [2.24, 2.45) is 0 Å². The Bertz CT molecular complexity index is 678. The maximum absolute atomic E-state index is 10.4. The molecule has 2 rings (SSSR count). The smallest absolute Gasteiger partial charge is 0.328 e. The lowest BCUT2D eigenvalue weighted by Gasteiger charge is -2.08. The Labute approximate surface area is 132 Å². The fourth-order valence-corrected chi connectivity index (χ4v) is 2.13. The van der Waals surface area contributed by atoms with Crippen molar-refractivity contribution in [3.8, 4) is 11.1 Å². The molecule has 0 fully saturated rings. The van der Waals surface area contributed by atoms with Gasteiger partial charge in [0.05, 0.1) is 16.1 Å². The highest BCUT2D eigenvalue weighted by Gasteiger charge is 2.06. The molecule has 108 valence electrons. The maximum atomic E-state index is 10.4. The van der Waals surface area contributed by atoms with Crippen LogP contribution in [-0.2, 0) is 4.79 Å². The third kappa shape index (κ3) is 4.08. The first-order valence-electron chi connectivity index (χ1n) is 6.12. The Kier molecular flexibility index (Phi) is 5.02. The van der Waals surface area contributed by atoms with E-state index in [0.29, 0.717) is 15.6 Å². The Morgan fingerprint density at radius 3 is 2.19 bits per heavy atom. The predicted octanol–water partition coefficient (Wildman–Crippen LogP) is 4.33. The SMILES string of the molecule is O=C(O)C=CC(O)c1ccc(-c2ccc(Cl)c(Cl)c2)cc1. The monoisotopic (exact) mass is 322 g/mol. The molecule has 0 aliphatic rings. The summed E-state index contributed by atoms with van der Waals surface area (Å²) in [6.07, 6.45) is 1.18. The van der Waals surface area contributed by atoms with Crippen molar-refractivity contribution in [1.82, 2.24) is 0 Å². The van der Waals surface area contributed by atoms with E-state index in [2.05, 4.69) is 0 Å². The average Bonchev–Trinajstić information content (AvgIpc) is 2.48. The summed E-state index contributed by atoms with van der Waals surface area (Å²) in [4.78, 5) is 10.4. The van der Waals surface area contributed by atoms with Gasteiger partial charge in [0, 0.05) is 6.08 Å². The number of benzene rings is 2. The molecule has 0 amide bonds. The summed E-state index contributed by atoms with van der Waals surface area (Å²) in [5.74, 6) is -1.10. The maximum Gasteiger partial charge on any atom is 0.328 e. The van der Waals surface area contributed by atoms with Gasteiger partial charge in [0.15, 0.2) is 0 Å². The third-order valence-electron chi connectivity index (χ3n) is 2.93. The minimum absolute atomic E-state index is 0.475. The number of aliphatic carboxylic acids is 1. The van der Waals surface area contributed by atoms with Gasteiger partial charge < -0.3 is 10.2 Å². The number of carbonyl (C=O) groups is 1. The van der Waals surface area contributed by atoms with Gasteiger partial charge in [-0.2, -0.15) is 0 Å². The van der Waals surface area contributed by atoms with Crippen LogP contribution in [0.4, 0.5) is 0 Å². The summed E-state index contributed by atoms with van der Waals surface area (Å²) in [5, 5.41) is 19.3. The molecule has 0 aromatic heterocycles. The zero-order valence-electron chi connectivity index (χ0n) is 10.8. The molecule has 5 heteroatoms. The molecule has 0 spiro atoms. The second-order valence-corrected chi connectivity index (χ2v) is 5.21. The van der Waals surface area contributed by atoms with Gasteiger partial charge in [-0.15, -0.1) is 0 Å². The van der Waals surface area contributed by atoms with E-state index in [1.165, 1.54) is 6.08 Å². The largest absolute Gasteiger partial charge is 0.478 e. The van der Waals surface area contributed by atoms with Crippen LogP contribution in [0, 0.1) is 0 Å². The highest BCUT2D eigenvalue weighted by Crippen LogP contribution is 2.29. The number of hydrogen-bond acceptors (Lipinski definition) is 2. The first kappa shape index (κ1) is 15.6. The van der Waals surface area contributed by atoms with E-state index in [4.69, 9.17) is 28.3 Å². The van der Waals surface area contributed by atoms with Crippen LogP contribution in [0.5, 0.6) is 0 Å². The van der Waals surface area contributed by atoms with Gasteiger partial charge in [0.2, 0.25) is 0 Å². The van der Waals surface area contributed by atoms with E-state index < -0.39 is 12.1 Å². The molecule has 0 heterocycles. The Hall–Kier alpha value is -1.81. The first-order chi connectivity index (χ1) is 9.97. The molecule has 2 aromatic carbocycles. The van der Waals surface area contributed by atoms with Crippen molar-refractivity contribution < 1.29 is 15.0 Å². The number of hydrogen-bond donors (Lipinski definition) is 2. The number of rotatable bonds is 4. The van der Waals surface area contributed by atoms with Crippen LogP contribution in [0.15, 0.2) is 54.6 Å². The molecular weight excluding hydrogens is 311 g/mol. The lowest BCUT2D eigenvalue weighted by molar-refractivity contribution is -0.131. The molecule has 3 nitrogen and oxygen atoms in total. The van der Waals surface area contributed by atoms with Gasteiger partial charge in [0.1, 0.15) is 0 Å². The lowest BCUT2D eigenvalue weighted by Crippen LogP contribution is -1.95. The van der Waals surface area contributed by atoms with Crippen LogP contribution < -0.4 is 0 Å². The normalized spacial score (nSPS) is 12.5. The standard InChI is InChI=1S/C16H12Cl2O3/c17-13-6-5-12(9-14(13)18)10-1-3-11(4-2-10)15(19)7-8-16(20)21/h1-9,15,19H,(H,20,21). The summed E-state index contributed by atoms with van der Waals surface area (Å²) in [5.41, 5.74) is 2.44. The number of halogens is 2. The van der Waals surface area contributed by atoms with Crippen molar-refractivity contribution in [2.75, 3.05) is 0 Å². The second-order valence-electron chi connectivity index (χ2n) is 4.39. The van der Waals surface area contributed by atoms with Crippen LogP contribution in [0.3, 0.4) is 0 Å². The predicted molar refractivity (Wildman–Crippen MR) is 83.6 cm³/mol. The van der Waals surface area contributed by atoms with Gasteiger partial charge >= 0.3 is 5.97 Å². The van der Waals surface area contributed by atoms with Crippen LogP contribution >= 0.6 is 23.2 Å². The number of aliphatic hydroxyl groups excluding tert-OH is 1. The zero-order chi connectivity index (χ0) is 15.4.